The summed E-state index contributed by atoms with van der Waals surface area (Å²) in [6.45, 7) is 8.81. The molecule has 18 heavy (non-hydrogen) atoms. The molecule has 1 aliphatic carbocycles. The summed E-state index contributed by atoms with van der Waals surface area (Å²) in [4.78, 5) is 6.95. The third-order valence-electron chi connectivity index (χ3n) is 4.21. The Morgan fingerprint density at radius 1 is 1.39 bits per heavy atom. The van der Waals surface area contributed by atoms with Crippen LogP contribution in [0.15, 0.2) is 4.42 Å². The Morgan fingerprint density at radius 3 is 2.72 bits per heavy atom. The van der Waals surface area contributed by atoms with Crippen molar-refractivity contribution in [2.45, 2.75) is 52.6 Å². The first-order valence-corrected chi connectivity index (χ1v) is 7.02. The molecule has 1 saturated carbocycles. The Morgan fingerprint density at radius 2 is 2.17 bits per heavy atom. The Kier molecular flexibility index (Phi) is 4.40. The lowest BCUT2D eigenvalue weighted by Gasteiger charge is -2.30. The maximum Gasteiger partial charge on any atom is 0.208 e. The van der Waals surface area contributed by atoms with Gasteiger partial charge < -0.3 is 10.2 Å². The molecule has 2 unspecified atom stereocenters. The molecule has 1 aromatic heterocycles. The summed E-state index contributed by atoms with van der Waals surface area (Å²) in [5.74, 6) is 2.42. The maximum absolute atomic E-state index is 5.87. The maximum atomic E-state index is 5.87. The number of oxazole rings is 1. The van der Waals surface area contributed by atoms with Crippen LogP contribution in [0.3, 0.4) is 0 Å². The number of nitrogens with two attached hydrogens (primary N) is 1. The molecule has 2 rings (SSSR count). The third-order valence-corrected chi connectivity index (χ3v) is 4.21. The van der Waals surface area contributed by atoms with Crippen LogP contribution in [0.4, 0.5) is 0 Å². The van der Waals surface area contributed by atoms with Crippen molar-refractivity contribution in [1.82, 2.24) is 9.88 Å². The topological polar surface area (TPSA) is 55.3 Å². The summed E-state index contributed by atoms with van der Waals surface area (Å²) < 4.78 is 5.69. The van der Waals surface area contributed by atoms with Crippen molar-refractivity contribution in [2.75, 3.05) is 13.1 Å². The highest BCUT2D eigenvalue weighted by molar-refractivity contribution is 5.05. The van der Waals surface area contributed by atoms with E-state index in [0.717, 1.165) is 37.0 Å². The van der Waals surface area contributed by atoms with E-state index in [0.29, 0.717) is 12.0 Å². The lowest BCUT2D eigenvalue weighted by molar-refractivity contribution is 0.147. The monoisotopic (exact) mass is 251 g/mol. The Labute approximate surface area is 110 Å². The molecule has 0 bridgehead atoms. The standard InChI is InChI=1S/C14H25N3O/c1-4-17(13-7-5-6-12(13)8-15)9-14-16-10(2)11(3)18-14/h12-13H,4-9,15H2,1-3H3. The van der Waals surface area contributed by atoms with E-state index in [1.54, 1.807) is 0 Å². The van der Waals surface area contributed by atoms with Gasteiger partial charge in [-0.25, -0.2) is 4.98 Å². The number of nitrogens with zero attached hydrogens (tertiary/aromatic N) is 2. The molecule has 102 valence electrons. The molecule has 1 fully saturated rings. The second-order valence-corrected chi connectivity index (χ2v) is 5.31. The normalized spacial score (nSPS) is 24.1. The minimum atomic E-state index is 0.604. The van der Waals surface area contributed by atoms with Gasteiger partial charge >= 0.3 is 0 Å². The highest BCUT2D eigenvalue weighted by atomic mass is 16.4. The van der Waals surface area contributed by atoms with Crippen LogP contribution in [-0.2, 0) is 6.54 Å². The van der Waals surface area contributed by atoms with Crippen LogP contribution < -0.4 is 5.73 Å². The van der Waals surface area contributed by atoms with E-state index in [4.69, 9.17) is 10.2 Å². The average molecular weight is 251 g/mol. The van der Waals surface area contributed by atoms with Gasteiger partial charge in [0.1, 0.15) is 5.76 Å². The van der Waals surface area contributed by atoms with Crippen molar-refractivity contribution >= 4 is 0 Å². The fraction of sp³-hybridized carbons (Fsp3) is 0.786. The van der Waals surface area contributed by atoms with Crippen molar-refractivity contribution in [1.29, 1.82) is 0 Å². The van der Waals surface area contributed by atoms with Crippen molar-refractivity contribution < 1.29 is 4.42 Å². The minimum Gasteiger partial charge on any atom is -0.444 e. The molecule has 0 amide bonds. The second-order valence-electron chi connectivity index (χ2n) is 5.31. The molecule has 2 N–H and O–H groups in total. The largest absolute Gasteiger partial charge is 0.444 e. The van der Waals surface area contributed by atoms with Crippen LogP contribution >= 0.6 is 0 Å². The smallest absolute Gasteiger partial charge is 0.208 e. The highest BCUT2D eigenvalue weighted by Gasteiger charge is 2.31. The second kappa shape index (κ2) is 5.85. The number of hydrogen-bond acceptors (Lipinski definition) is 4. The van der Waals surface area contributed by atoms with Crippen molar-refractivity contribution in [3.8, 4) is 0 Å². The predicted octanol–water partition coefficient (Wildman–Crippen LogP) is 2.24. The van der Waals surface area contributed by atoms with Crippen LogP contribution in [0.5, 0.6) is 0 Å². The quantitative estimate of drug-likeness (QED) is 0.872. The Hall–Kier alpha value is -0.870. The van der Waals surface area contributed by atoms with Gasteiger partial charge in [0, 0.05) is 6.04 Å². The zero-order chi connectivity index (χ0) is 13.1. The molecular formula is C14H25N3O. The van der Waals surface area contributed by atoms with Gasteiger partial charge in [-0.15, -0.1) is 0 Å². The first-order chi connectivity index (χ1) is 8.65. The van der Waals surface area contributed by atoms with Crippen molar-refractivity contribution in [3.63, 3.8) is 0 Å². The zero-order valence-corrected chi connectivity index (χ0v) is 11.8. The van der Waals surface area contributed by atoms with Gasteiger partial charge in [-0.2, -0.15) is 0 Å². The van der Waals surface area contributed by atoms with E-state index < -0.39 is 0 Å². The van der Waals surface area contributed by atoms with E-state index in [1.807, 2.05) is 13.8 Å². The summed E-state index contributed by atoms with van der Waals surface area (Å²) in [6.07, 6.45) is 3.82. The lowest BCUT2D eigenvalue weighted by atomic mass is 10.0. The Bertz CT molecular complexity index is 369. The number of aryl methyl sites for hydroxylation is 2. The molecule has 0 spiro atoms. The first kappa shape index (κ1) is 13.6. The van der Waals surface area contributed by atoms with Gasteiger partial charge in [-0.05, 0) is 45.7 Å². The van der Waals surface area contributed by atoms with Crippen LogP contribution in [0.1, 0.15) is 43.5 Å². The van der Waals surface area contributed by atoms with Crippen LogP contribution in [-0.4, -0.2) is 29.0 Å². The molecule has 0 aromatic carbocycles. The van der Waals surface area contributed by atoms with E-state index in [-0.39, 0.29) is 0 Å². The van der Waals surface area contributed by atoms with Gasteiger partial charge in [-0.1, -0.05) is 13.3 Å². The molecule has 2 atom stereocenters. The molecule has 1 aromatic rings. The number of aromatic nitrogens is 1. The summed E-state index contributed by atoms with van der Waals surface area (Å²) in [5.41, 5.74) is 6.88. The van der Waals surface area contributed by atoms with Crippen molar-refractivity contribution in [3.05, 3.63) is 17.3 Å². The highest BCUT2D eigenvalue weighted by Crippen LogP contribution is 2.30. The third kappa shape index (κ3) is 2.75. The summed E-state index contributed by atoms with van der Waals surface area (Å²) in [6, 6.07) is 0.604. The van der Waals surface area contributed by atoms with Crippen LogP contribution in [0, 0.1) is 19.8 Å². The fourth-order valence-electron chi connectivity index (χ4n) is 3.02. The van der Waals surface area contributed by atoms with Gasteiger partial charge in [0.05, 0.1) is 12.2 Å². The SMILES string of the molecule is CCN(Cc1nc(C)c(C)o1)C1CCCC1CN. The zero-order valence-electron chi connectivity index (χ0n) is 11.8. The van der Waals surface area contributed by atoms with Crippen LogP contribution in [0.25, 0.3) is 0 Å². The fourth-order valence-corrected chi connectivity index (χ4v) is 3.02. The molecule has 0 saturated heterocycles. The molecule has 0 aliphatic heterocycles. The minimum absolute atomic E-state index is 0.604. The molecule has 4 heteroatoms. The molecule has 1 aliphatic rings. The lowest BCUT2D eigenvalue weighted by Crippen LogP contribution is -2.39. The summed E-state index contributed by atoms with van der Waals surface area (Å²) in [7, 11) is 0. The average Bonchev–Trinajstić information content (AvgIpc) is 2.94. The van der Waals surface area contributed by atoms with Gasteiger partial charge in [0.15, 0.2) is 0 Å². The van der Waals surface area contributed by atoms with E-state index >= 15 is 0 Å². The van der Waals surface area contributed by atoms with Gasteiger partial charge in [0.25, 0.3) is 0 Å². The number of hydrogen-bond donors (Lipinski definition) is 1. The molecule has 4 nitrogen and oxygen atoms in total. The van der Waals surface area contributed by atoms with E-state index in [9.17, 15) is 0 Å². The summed E-state index contributed by atoms with van der Waals surface area (Å²) in [5, 5.41) is 0. The van der Waals surface area contributed by atoms with Crippen LogP contribution in [0.2, 0.25) is 0 Å². The van der Waals surface area contributed by atoms with Gasteiger partial charge in [-0.3, -0.25) is 4.90 Å². The van der Waals surface area contributed by atoms with Gasteiger partial charge in [0.2, 0.25) is 5.89 Å². The summed E-state index contributed by atoms with van der Waals surface area (Å²) >= 11 is 0. The molecule has 1 heterocycles. The number of rotatable bonds is 5. The first-order valence-electron chi connectivity index (χ1n) is 7.02. The van der Waals surface area contributed by atoms with Crippen molar-refractivity contribution in [2.24, 2.45) is 11.7 Å². The molecule has 0 radical (unpaired) electrons. The predicted molar refractivity (Wildman–Crippen MR) is 72.2 cm³/mol. The van der Waals surface area contributed by atoms with E-state index in [2.05, 4.69) is 16.8 Å². The van der Waals surface area contributed by atoms with E-state index in [1.165, 1.54) is 19.3 Å². The Balaban J connectivity index is 2.04. The molecular weight excluding hydrogens is 226 g/mol.